The average Bonchev–Trinajstić information content (AvgIpc) is 2.40. The third-order valence-electron chi connectivity index (χ3n) is 3.79. The van der Waals surface area contributed by atoms with E-state index in [2.05, 4.69) is 26.3 Å². The Labute approximate surface area is 132 Å². The molecule has 0 aromatic carbocycles. The summed E-state index contributed by atoms with van der Waals surface area (Å²) >= 11 is 3.35. The van der Waals surface area contributed by atoms with Crippen LogP contribution in [0.5, 0.6) is 0 Å². The molecule has 1 aromatic rings. The van der Waals surface area contributed by atoms with Crippen LogP contribution in [-0.4, -0.2) is 41.3 Å². The largest absolute Gasteiger partial charge is 0.391 e. The van der Waals surface area contributed by atoms with Gasteiger partial charge in [-0.2, -0.15) is 5.10 Å². The maximum Gasteiger partial charge on any atom is 0.291 e. The maximum absolute atomic E-state index is 12.4. The second-order valence-electron chi connectivity index (χ2n) is 5.48. The van der Waals surface area contributed by atoms with E-state index < -0.39 is 6.10 Å². The highest BCUT2D eigenvalue weighted by Crippen LogP contribution is 2.27. The minimum atomic E-state index is -0.527. The van der Waals surface area contributed by atoms with Gasteiger partial charge in [0.1, 0.15) is 5.69 Å². The van der Waals surface area contributed by atoms with E-state index in [1.807, 2.05) is 0 Å². The van der Waals surface area contributed by atoms with Crippen LogP contribution in [0.3, 0.4) is 0 Å². The molecule has 21 heavy (non-hydrogen) atoms. The third-order valence-corrected chi connectivity index (χ3v) is 4.39. The number of ether oxygens (including phenoxy) is 1. The number of aliphatic hydroxyl groups excluding tert-OH is 1. The van der Waals surface area contributed by atoms with E-state index in [9.17, 15) is 9.90 Å². The Morgan fingerprint density at radius 3 is 3.00 bits per heavy atom. The van der Waals surface area contributed by atoms with E-state index in [1.54, 1.807) is 13.3 Å². The van der Waals surface area contributed by atoms with Gasteiger partial charge in [-0.05, 0) is 41.1 Å². The van der Waals surface area contributed by atoms with Gasteiger partial charge in [0.2, 0.25) is 0 Å². The zero-order valence-corrected chi connectivity index (χ0v) is 13.8. The molecule has 2 N–H and O–H groups in total. The topological polar surface area (TPSA) is 76.4 Å². The van der Waals surface area contributed by atoms with Crippen molar-refractivity contribution < 1.29 is 9.84 Å². The average molecular weight is 360 g/mol. The van der Waals surface area contributed by atoms with Gasteiger partial charge in [-0.15, -0.1) is 0 Å². The Morgan fingerprint density at radius 1 is 1.62 bits per heavy atom. The number of nitrogens with one attached hydrogen (secondary N) is 1. The van der Waals surface area contributed by atoms with Crippen LogP contribution in [0.2, 0.25) is 0 Å². The van der Waals surface area contributed by atoms with E-state index >= 15 is 0 Å². The maximum atomic E-state index is 12.4. The quantitative estimate of drug-likeness (QED) is 0.737. The highest BCUT2D eigenvalue weighted by atomic mass is 79.9. The summed E-state index contributed by atoms with van der Waals surface area (Å²) in [6.45, 7) is 1.49. The van der Waals surface area contributed by atoms with Crippen LogP contribution in [0.1, 0.15) is 25.7 Å². The lowest BCUT2D eigenvalue weighted by Gasteiger charge is -2.25. The van der Waals surface area contributed by atoms with E-state index in [0.29, 0.717) is 42.2 Å². The van der Waals surface area contributed by atoms with Crippen LogP contribution in [-0.2, 0) is 11.3 Å². The van der Waals surface area contributed by atoms with E-state index in [-0.39, 0.29) is 5.56 Å². The highest BCUT2D eigenvalue weighted by Gasteiger charge is 2.20. The summed E-state index contributed by atoms with van der Waals surface area (Å²) in [7, 11) is 1.55. The molecule has 1 saturated carbocycles. The van der Waals surface area contributed by atoms with Gasteiger partial charge in [0.15, 0.2) is 0 Å². The molecule has 0 spiro atoms. The number of hydrogen-bond acceptors (Lipinski definition) is 5. The smallest absolute Gasteiger partial charge is 0.291 e. The van der Waals surface area contributed by atoms with Crippen molar-refractivity contribution in [3.63, 3.8) is 0 Å². The number of methoxy groups -OCH3 is 1. The van der Waals surface area contributed by atoms with Crippen LogP contribution >= 0.6 is 15.9 Å². The van der Waals surface area contributed by atoms with Crippen molar-refractivity contribution in [3.8, 4) is 0 Å². The van der Waals surface area contributed by atoms with Gasteiger partial charge in [-0.3, -0.25) is 4.79 Å². The first kappa shape index (κ1) is 16.5. The molecule has 118 valence electrons. The second-order valence-corrected chi connectivity index (χ2v) is 6.33. The predicted octanol–water partition coefficient (Wildman–Crippen LogP) is 1.62. The van der Waals surface area contributed by atoms with Crippen molar-refractivity contribution >= 4 is 21.6 Å². The van der Waals surface area contributed by atoms with Crippen LogP contribution < -0.4 is 10.9 Å². The van der Waals surface area contributed by atoms with Gasteiger partial charge < -0.3 is 15.2 Å². The zero-order chi connectivity index (χ0) is 15.2. The molecule has 1 aromatic heterocycles. The molecule has 7 heteroatoms. The van der Waals surface area contributed by atoms with Crippen LogP contribution in [0, 0.1) is 5.92 Å². The number of hydrogen-bond donors (Lipinski definition) is 2. The minimum Gasteiger partial charge on any atom is -0.391 e. The standard InChI is InChI=1S/C14H22BrN3O3/c1-21-9-11(19)5-6-16-13-12(15)7-17-18(14(13)20)8-10-3-2-4-10/h7,10-11,16,19H,2-6,8-9H2,1H3. The summed E-state index contributed by atoms with van der Waals surface area (Å²) in [5.74, 6) is 0.577. The molecular formula is C14H22BrN3O3. The summed E-state index contributed by atoms with van der Waals surface area (Å²) in [5, 5.41) is 16.9. The molecule has 1 fully saturated rings. The monoisotopic (exact) mass is 359 g/mol. The fourth-order valence-electron chi connectivity index (χ4n) is 2.32. The first-order chi connectivity index (χ1) is 10.1. The molecule has 1 unspecified atom stereocenters. The van der Waals surface area contributed by atoms with E-state index in [4.69, 9.17) is 4.74 Å². The van der Waals surface area contributed by atoms with Gasteiger partial charge in [0, 0.05) is 20.2 Å². The number of nitrogens with zero attached hydrogens (tertiary/aromatic N) is 2. The minimum absolute atomic E-state index is 0.113. The molecule has 2 rings (SSSR count). The second kappa shape index (κ2) is 7.91. The molecule has 6 nitrogen and oxygen atoms in total. The first-order valence-electron chi connectivity index (χ1n) is 7.28. The van der Waals surface area contributed by atoms with Crippen molar-refractivity contribution in [1.82, 2.24) is 9.78 Å². The third kappa shape index (κ3) is 4.52. The van der Waals surface area contributed by atoms with Crippen molar-refractivity contribution in [1.29, 1.82) is 0 Å². The highest BCUT2D eigenvalue weighted by molar-refractivity contribution is 9.10. The number of halogens is 1. The molecule has 1 aliphatic rings. The molecule has 0 amide bonds. The fraction of sp³-hybridized carbons (Fsp3) is 0.714. The van der Waals surface area contributed by atoms with Gasteiger partial charge >= 0.3 is 0 Å². The molecular weight excluding hydrogens is 338 g/mol. The van der Waals surface area contributed by atoms with E-state index in [0.717, 1.165) is 0 Å². The summed E-state index contributed by atoms with van der Waals surface area (Å²) in [4.78, 5) is 12.4. The van der Waals surface area contributed by atoms with Crippen LogP contribution in [0.15, 0.2) is 15.5 Å². The zero-order valence-electron chi connectivity index (χ0n) is 12.2. The summed E-state index contributed by atoms with van der Waals surface area (Å²) < 4.78 is 7.05. The Kier molecular flexibility index (Phi) is 6.20. The molecule has 0 aliphatic heterocycles. The molecule has 1 aliphatic carbocycles. The van der Waals surface area contributed by atoms with Crippen molar-refractivity contribution in [2.45, 2.75) is 38.3 Å². The van der Waals surface area contributed by atoms with Crippen LogP contribution in [0.25, 0.3) is 0 Å². The van der Waals surface area contributed by atoms with Crippen molar-refractivity contribution in [2.75, 3.05) is 25.6 Å². The lowest BCUT2D eigenvalue weighted by Crippen LogP contribution is -2.31. The van der Waals surface area contributed by atoms with Gasteiger partial charge in [-0.1, -0.05) is 6.42 Å². The molecule has 1 atom stereocenters. The van der Waals surface area contributed by atoms with Crippen LogP contribution in [0.4, 0.5) is 5.69 Å². The predicted molar refractivity (Wildman–Crippen MR) is 84.5 cm³/mol. The Morgan fingerprint density at radius 2 is 2.38 bits per heavy atom. The SMILES string of the molecule is COCC(O)CCNc1c(Br)cnn(CC2CCC2)c1=O. The number of anilines is 1. The van der Waals surface area contributed by atoms with Gasteiger partial charge in [-0.25, -0.2) is 4.68 Å². The summed E-state index contributed by atoms with van der Waals surface area (Å²) in [6, 6.07) is 0. The first-order valence-corrected chi connectivity index (χ1v) is 8.07. The molecule has 0 radical (unpaired) electrons. The normalized spacial score (nSPS) is 16.5. The van der Waals surface area contributed by atoms with E-state index in [1.165, 1.54) is 23.9 Å². The number of aromatic nitrogens is 2. The Hall–Kier alpha value is -0.920. The summed E-state index contributed by atoms with van der Waals surface area (Å²) in [5.41, 5.74) is 0.395. The van der Waals surface area contributed by atoms with Gasteiger partial charge in [0.05, 0.1) is 23.4 Å². The Bertz CT molecular complexity index is 517. The van der Waals surface area contributed by atoms with Gasteiger partial charge in [0.25, 0.3) is 5.56 Å². The molecule has 0 bridgehead atoms. The lowest BCUT2D eigenvalue weighted by atomic mass is 9.85. The Balaban J connectivity index is 1.97. The van der Waals surface area contributed by atoms with Crippen molar-refractivity contribution in [2.24, 2.45) is 5.92 Å². The summed E-state index contributed by atoms with van der Waals surface area (Å²) in [6.07, 6.45) is 5.24. The molecule has 0 saturated heterocycles. The fourth-order valence-corrected chi connectivity index (χ4v) is 2.72. The number of rotatable bonds is 8. The molecule has 1 heterocycles. The number of aliphatic hydroxyl groups is 1. The lowest BCUT2D eigenvalue weighted by molar-refractivity contribution is 0.0615. The van der Waals surface area contributed by atoms with Crippen molar-refractivity contribution in [3.05, 3.63) is 21.0 Å².